The molecule has 17 heavy (non-hydrogen) atoms. The minimum atomic E-state index is -0.406. The van der Waals surface area contributed by atoms with E-state index < -0.39 is 5.97 Å². The Balaban J connectivity index is 3.10. The Morgan fingerprint density at radius 1 is 1.59 bits per heavy atom. The molecule has 3 N–H and O–H groups in total. The largest absolute Gasteiger partial charge is 0.508 e. The Morgan fingerprint density at radius 3 is 2.82 bits per heavy atom. The second-order valence-electron chi connectivity index (χ2n) is 3.43. The lowest BCUT2D eigenvalue weighted by atomic mass is 9.99. The van der Waals surface area contributed by atoms with Crippen molar-refractivity contribution in [2.75, 3.05) is 6.61 Å². The molecule has 1 aromatic carbocycles. The summed E-state index contributed by atoms with van der Waals surface area (Å²) in [6, 6.07) is 4.70. The molecule has 5 nitrogen and oxygen atoms in total. The number of aromatic hydroxyl groups is 1. The van der Waals surface area contributed by atoms with Gasteiger partial charge < -0.3 is 15.6 Å². The smallest absolute Gasteiger partial charge is 0.310 e. The number of ether oxygens (including phenoxy) is 1. The van der Waals surface area contributed by atoms with Gasteiger partial charge in [0.15, 0.2) is 0 Å². The third-order valence-corrected chi connectivity index (χ3v) is 2.29. The average Bonchev–Trinajstić information content (AvgIpc) is 2.28. The summed E-state index contributed by atoms with van der Waals surface area (Å²) in [7, 11) is 0. The number of hydrogen-bond donors (Lipinski definition) is 2. The number of nitrogens with zero attached hydrogens (tertiary/aromatic N) is 1. The molecule has 0 heterocycles. The van der Waals surface area contributed by atoms with E-state index in [-0.39, 0.29) is 24.3 Å². The van der Waals surface area contributed by atoms with Crippen molar-refractivity contribution in [1.29, 1.82) is 5.26 Å². The van der Waals surface area contributed by atoms with Gasteiger partial charge in [-0.3, -0.25) is 4.79 Å². The van der Waals surface area contributed by atoms with Gasteiger partial charge in [0.2, 0.25) is 0 Å². The van der Waals surface area contributed by atoms with E-state index in [0.29, 0.717) is 17.7 Å². The fraction of sp³-hybridized carbons (Fsp3) is 0.333. The Morgan fingerprint density at radius 2 is 2.29 bits per heavy atom. The first kappa shape index (κ1) is 13.0. The van der Waals surface area contributed by atoms with Gasteiger partial charge in [0.05, 0.1) is 24.7 Å². The molecule has 0 spiro atoms. The van der Waals surface area contributed by atoms with Crippen molar-refractivity contribution in [3.63, 3.8) is 0 Å². The maximum absolute atomic E-state index is 11.4. The van der Waals surface area contributed by atoms with Gasteiger partial charge in [-0.2, -0.15) is 5.26 Å². The van der Waals surface area contributed by atoms with Gasteiger partial charge in [0, 0.05) is 6.54 Å². The van der Waals surface area contributed by atoms with E-state index in [1.54, 1.807) is 6.92 Å². The molecule has 1 rings (SSSR count). The highest BCUT2D eigenvalue weighted by molar-refractivity contribution is 5.73. The topological polar surface area (TPSA) is 96.3 Å². The predicted molar refractivity (Wildman–Crippen MR) is 61.1 cm³/mol. The highest BCUT2D eigenvalue weighted by Gasteiger charge is 2.13. The van der Waals surface area contributed by atoms with Crippen molar-refractivity contribution in [3.8, 4) is 11.8 Å². The molecule has 0 radical (unpaired) electrons. The summed E-state index contributed by atoms with van der Waals surface area (Å²) in [5, 5.41) is 18.3. The van der Waals surface area contributed by atoms with E-state index >= 15 is 0 Å². The third kappa shape index (κ3) is 3.20. The van der Waals surface area contributed by atoms with Gasteiger partial charge >= 0.3 is 5.97 Å². The molecule has 0 aliphatic rings. The van der Waals surface area contributed by atoms with E-state index in [1.807, 2.05) is 6.07 Å². The molecule has 0 aromatic heterocycles. The summed E-state index contributed by atoms with van der Waals surface area (Å²) in [5.74, 6) is -0.463. The van der Waals surface area contributed by atoms with Crippen LogP contribution in [0.2, 0.25) is 0 Å². The van der Waals surface area contributed by atoms with Gasteiger partial charge in [0.1, 0.15) is 5.75 Å². The van der Waals surface area contributed by atoms with E-state index in [9.17, 15) is 9.90 Å². The fourth-order valence-electron chi connectivity index (χ4n) is 1.58. The third-order valence-electron chi connectivity index (χ3n) is 2.29. The molecule has 0 amide bonds. The second kappa shape index (κ2) is 5.87. The number of nitrogens with two attached hydrogens (primary N) is 1. The number of nitriles is 1. The number of hydrogen-bond acceptors (Lipinski definition) is 5. The summed E-state index contributed by atoms with van der Waals surface area (Å²) in [6.07, 6.45) is 0.00343. The van der Waals surface area contributed by atoms with Crippen LogP contribution in [0.25, 0.3) is 0 Å². The SMILES string of the molecule is CCOC(=O)Cc1cc(O)cc(C#N)c1CN. The molecule has 0 saturated carbocycles. The number of carbonyl (C=O) groups is 1. The molecule has 90 valence electrons. The molecule has 0 saturated heterocycles. The van der Waals surface area contributed by atoms with Gasteiger partial charge in [0.25, 0.3) is 0 Å². The van der Waals surface area contributed by atoms with Crippen LogP contribution in [0.1, 0.15) is 23.6 Å². The minimum absolute atomic E-state index is 0.00343. The molecular formula is C12H14N2O3. The zero-order valence-electron chi connectivity index (χ0n) is 9.56. The molecule has 0 bridgehead atoms. The lowest BCUT2D eigenvalue weighted by Crippen LogP contribution is -2.12. The number of esters is 1. The first-order chi connectivity index (χ1) is 8.12. The Bertz CT molecular complexity index is 464. The fourth-order valence-corrected chi connectivity index (χ4v) is 1.58. The zero-order chi connectivity index (χ0) is 12.8. The Hall–Kier alpha value is -2.06. The number of rotatable bonds is 4. The van der Waals surface area contributed by atoms with Crippen LogP contribution in [0.3, 0.4) is 0 Å². The van der Waals surface area contributed by atoms with Gasteiger partial charge in [-0.1, -0.05) is 0 Å². The van der Waals surface area contributed by atoms with Gasteiger partial charge in [-0.05, 0) is 30.2 Å². The van der Waals surface area contributed by atoms with Crippen molar-refractivity contribution >= 4 is 5.97 Å². The van der Waals surface area contributed by atoms with Crippen LogP contribution in [0.4, 0.5) is 0 Å². The number of phenols is 1. The maximum atomic E-state index is 11.4. The summed E-state index contributed by atoms with van der Waals surface area (Å²) in [5.41, 5.74) is 6.92. The van der Waals surface area contributed by atoms with Crippen LogP contribution >= 0.6 is 0 Å². The maximum Gasteiger partial charge on any atom is 0.310 e. The standard InChI is InChI=1S/C12H14N2O3/c1-2-17-12(16)5-8-3-10(15)4-9(6-13)11(8)7-14/h3-4,15H,2,5,7,14H2,1H3. The molecule has 5 heteroatoms. The normalized spacial score (nSPS) is 9.71. The zero-order valence-corrected chi connectivity index (χ0v) is 9.56. The van der Waals surface area contributed by atoms with E-state index in [4.69, 9.17) is 15.7 Å². The Labute approximate surface area is 99.4 Å². The van der Waals surface area contributed by atoms with E-state index in [1.165, 1.54) is 12.1 Å². The van der Waals surface area contributed by atoms with Crippen molar-refractivity contribution in [2.24, 2.45) is 5.73 Å². The predicted octanol–water partition coefficient (Wildman–Crippen LogP) is 0.828. The van der Waals surface area contributed by atoms with Crippen molar-refractivity contribution < 1.29 is 14.6 Å². The highest BCUT2D eigenvalue weighted by Crippen LogP contribution is 2.22. The van der Waals surface area contributed by atoms with Crippen molar-refractivity contribution in [3.05, 3.63) is 28.8 Å². The molecule has 0 fully saturated rings. The van der Waals surface area contributed by atoms with Crippen molar-refractivity contribution in [1.82, 2.24) is 0 Å². The molecule has 0 atom stereocenters. The first-order valence-corrected chi connectivity index (χ1v) is 5.22. The average molecular weight is 234 g/mol. The summed E-state index contributed by atoms with van der Waals surface area (Å²) >= 11 is 0. The molecule has 0 aliphatic heterocycles. The molecule has 1 aromatic rings. The summed E-state index contributed by atoms with van der Waals surface area (Å²) in [6.45, 7) is 2.14. The lowest BCUT2D eigenvalue weighted by molar-refractivity contribution is -0.142. The van der Waals surface area contributed by atoms with Crippen LogP contribution in [-0.4, -0.2) is 17.7 Å². The van der Waals surface area contributed by atoms with Crippen LogP contribution < -0.4 is 5.73 Å². The minimum Gasteiger partial charge on any atom is -0.508 e. The van der Waals surface area contributed by atoms with Crippen LogP contribution in [-0.2, 0) is 22.5 Å². The van der Waals surface area contributed by atoms with Crippen LogP contribution in [0.15, 0.2) is 12.1 Å². The van der Waals surface area contributed by atoms with Gasteiger partial charge in [-0.15, -0.1) is 0 Å². The summed E-state index contributed by atoms with van der Waals surface area (Å²) < 4.78 is 4.81. The number of phenolic OH excluding ortho intramolecular Hbond substituents is 1. The van der Waals surface area contributed by atoms with E-state index in [0.717, 1.165) is 0 Å². The van der Waals surface area contributed by atoms with E-state index in [2.05, 4.69) is 0 Å². The van der Waals surface area contributed by atoms with Crippen LogP contribution in [0, 0.1) is 11.3 Å². The van der Waals surface area contributed by atoms with Crippen LogP contribution in [0.5, 0.6) is 5.75 Å². The summed E-state index contributed by atoms with van der Waals surface area (Å²) in [4.78, 5) is 11.4. The molecule has 0 unspecified atom stereocenters. The number of carbonyl (C=O) groups excluding carboxylic acids is 1. The quantitative estimate of drug-likeness (QED) is 0.752. The molecular weight excluding hydrogens is 220 g/mol. The first-order valence-electron chi connectivity index (χ1n) is 5.22. The second-order valence-corrected chi connectivity index (χ2v) is 3.43. The Kier molecular flexibility index (Phi) is 4.49. The molecule has 0 aliphatic carbocycles. The number of benzene rings is 1. The van der Waals surface area contributed by atoms with Crippen molar-refractivity contribution in [2.45, 2.75) is 19.9 Å². The highest BCUT2D eigenvalue weighted by atomic mass is 16.5. The monoisotopic (exact) mass is 234 g/mol. The lowest BCUT2D eigenvalue weighted by Gasteiger charge is -2.10. The van der Waals surface area contributed by atoms with Gasteiger partial charge in [-0.25, -0.2) is 0 Å².